The fraction of sp³-hybridized carbons (Fsp3) is 0.765. The summed E-state index contributed by atoms with van der Waals surface area (Å²) in [7, 11) is 0. The van der Waals surface area contributed by atoms with Gasteiger partial charge in [-0.2, -0.15) is 0 Å². The quantitative estimate of drug-likeness (QED) is 0.905. The first-order chi connectivity index (χ1) is 10.9. The summed E-state index contributed by atoms with van der Waals surface area (Å²) in [6.45, 7) is 11.1. The zero-order chi connectivity index (χ0) is 16.9. The van der Waals surface area contributed by atoms with E-state index in [9.17, 15) is 4.79 Å². The molecule has 1 amide bonds. The van der Waals surface area contributed by atoms with Gasteiger partial charge in [0.1, 0.15) is 5.60 Å². The smallest absolute Gasteiger partial charge is 0.410 e. The molecule has 1 aliphatic rings. The van der Waals surface area contributed by atoms with Crippen LogP contribution in [0.1, 0.15) is 52.7 Å². The Bertz CT molecular complexity index is 507. The van der Waals surface area contributed by atoms with Crippen molar-refractivity contribution in [1.82, 2.24) is 19.8 Å². The molecule has 1 aromatic heterocycles. The van der Waals surface area contributed by atoms with Crippen molar-refractivity contribution >= 4 is 6.09 Å². The topological polar surface area (TPSA) is 59.4 Å². The van der Waals surface area contributed by atoms with E-state index in [1.807, 2.05) is 38.2 Å². The molecule has 23 heavy (non-hydrogen) atoms. The molecule has 1 saturated heterocycles. The van der Waals surface area contributed by atoms with Crippen LogP contribution in [0.3, 0.4) is 0 Å². The molecule has 130 valence electrons. The van der Waals surface area contributed by atoms with Crippen LogP contribution >= 0.6 is 0 Å². The number of carbonyl (C=O) groups is 1. The van der Waals surface area contributed by atoms with Crippen molar-refractivity contribution in [2.24, 2.45) is 0 Å². The van der Waals surface area contributed by atoms with Crippen molar-refractivity contribution in [3.05, 3.63) is 18.2 Å². The molecule has 1 atom stereocenters. The molecule has 1 fully saturated rings. The van der Waals surface area contributed by atoms with E-state index in [1.165, 1.54) is 12.1 Å². The molecule has 6 heteroatoms. The molecule has 1 N–H and O–H groups in total. The largest absolute Gasteiger partial charge is 0.444 e. The average Bonchev–Trinajstić information content (AvgIpc) is 2.93. The molecular formula is C17H30N4O2. The highest BCUT2D eigenvalue weighted by molar-refractivity contribution is 5.68. The summed E-state index contributed by atoms with van der Waals surface area (Å²) in [5.74, 6) is 0. The van der Waals surface area contributed by atoms with Crippen molar-refractivity contribution in [3.8, 4) is 0 Å². The SMILES string of the molecule is CCn1cncc1CNCC1CCCCN1C(=O)OC(C)(C)C. The van der Waals surface area contributed by atoms with E-state index in [2.05, 4.69) is 21.8 Å². The van der Waals surface area contributed by atoms with Crippen LogP contribution in [-0.2, 0) is 17.8 Å². The standard InChI is InChI=1S/C17H30N4O2/c1-5-20-13-19-12-15(20)11-18-10-14-8-6-7-9-21(14)16(22)23-17(2,3)4/h12-14,18H,5-11H2,1-4H3. The predicted octanol–water partition coefficient (Wildman–Crippen LogP) is 2.78. The predicted molar refractivity (Wildman–Crippen MR) is 90.2 cm³/mol. The van der Waals surface area contributed by atoms with E-state index in [0.29, 0.717) is 0 Å². The Morgan fingerprint density at radius 2 is 2.22 bits per heavy atom. The molecule has 0 radical (unpaired) electrons. The van der Waals surface area contributed by atoms with Crippen LogP contribution in [0.2, 0.25) is 0 Å². The normalized spacial score (nSPS) is 19.0. The van der Waals surface area contributed by atoms with Gasteiger partial charge in [-0.25, -0.2) is 9.78 Å². The Morgan fingerprint density at radius 3 is 2.91 bits per heavy atom. The van der Waals surface area contributed by atoms with Gasteiger partial charge in [0.25, 0.3) is 0 Å². The van der Waals surface area contributed by atoms with Crippen molar-refractivity contribution in [3.63, 3.8) is 0 Å². The Kier molecular flexibility index (Phi) is 6.04. The molecule has 6 nitrogen and oxygen atoms in total. The molecule has 1 aliphatic heterocycles. The van der Waals surface area contributed by atoms with Crippen molar-refractivity contribution in [2.45, 2.75) is 71.7 Å². The number of piperidine rings is 1. The van der Waals surface area contributed by atoms with Crippen LogP contribution in [0.4, 0.5) is 4.79 Å². The summed E-state index contributed by atoms with van der Waals surface area (Å²) in [5.41, 5.74) is 0.729. The maximum Gasteiger partial charge on any atom is 0.410 e. The fourth-order valence-electron chi connectivity index (χ4n) is 2.92. The van der Waals surface area contributed by atoms with Gasteiger partial charge in [-0.3, -0.25) is 0 Å². The molecule has 0 aliphatic carbocycles. The van der Waals surface area contributed by atoms with Gasteiger partial charge in [-0.05, 0) is 47.0 Å². The molecule has 1 unspecified atom stereocenters. The third kappa shape index (κ3) is 5.23. The fourth-order valence-corrected chi connectivity index (χ4v) is 2.92. The molecule has 0 spiro atoms. The molecular weight excluding hydrogens is 292 g/mol. The summed E-state index contributed by atoms with van der Waals surface area (Å²) in [4.78, 5) is 18.4. The van der Waals surface area contributed by atoms with E-state index in [1.54, 1.807) is 0 Å². The van der Waals surface area contributed by atoms with Gasteiger partial charge >= 0.3 is 6.09 Å². The number of hydrogen-bond acceptors (Lipinski definition) is 4. The summed E-state index contributed by atoms with van der Waals surface area (Å²) in [6, 6.07) is 0.205. The Balaban J connectivity index is 1.87. The third-order valence-corrected chi connectivity index (χ3v) is 4.08. The first-order valence-electron chi connectivity index (χ1n) is 8.60. The Labute approximate surface area is 139 Å². The average molecular weight is 322 g/mol. The zero-order valence-electron chi connectivity index (χ0n) is 14.8. The number of imidazole rings is 1. The Morgan fingerprint density at radius 1 is 1.43 bits per heavy atom. The minimum atomic E-state index is -0.444. The van der Waals surface area contributed by atoms with Crippen molar-refractivity contribution in [1.29, 1.82) is 0 Å². The van der Waals surface area contributed by atoms with Crippen molar-refractivity contribution in [2.75, 3.05) is 13.1 Å². The lowest BCUT2D eigenvalue weighted by Crippen LogP contribution is -2.50. The number of rotatable bonds is 5. The zero-order valence-corrected chi connectivity index (χ0v) is 14.8. The van der Waals surface area contributed by atoms with Gasteiger partial charge in [-0.15, -0.1) is 0 Å². The van der Waals surface area contributed by atoms with Gasteiger partial charge in [-0.1, -0.05) is 0 Å². The lowest BCUT2D eigenvalue weighted by Gasteiger charge is -2.37. The van der Waals surface area contributed by atoms with E-state index in [0.717, 1.165) is 39.0 Å². The number of hydrogen-bond donors (Lipinski definition) is 1. The lowest BCUT2D eigenvalue weighted by atomic mass is 10.0. The van der Waals surface area contributed by atoms with E-state index in [-0.39, 0.29) is 12.1 Å². The molecule has 0 saturated carbocycles. The lowest BCUT2D eigenvalue weighted by molar-refractivity contribution is 0.00992. The second kappa shape index (κ2) is 7.81. The highest BCUT2D eigenvalue weighted by atomic mass is 16.6. The van der Waals surface area contributed by atoms with Crippen LogP contribution < -0.4 is 5.32 Å². The summed E-state index contributed by atoms with van der Waals surface area (Å²) in [6.07, 6.45) is 6.80. The molecule has 2 rings (SSSR count). The number of carbonyl (C=O) groups excluding carboxylic acids is 1. The molecule has 2 heterocycles. The third-order valence-electron chi connectivity index (χ3n) is 4.08. The molecule has 0 bridgehead atoms. The van der Waals surface area contributed by atoms with E-state index < -0.39 is 5.60 Å². The highest BCUT2D eigenvalue weighted by Gasteiger charge is 2.30. The maximum absolute atomic E-state index is 12.4. The summed E-state index contributed by atoms with van der Waals surface area (Å²) in [5, 5.41) is 3.47. The number of nitrogens with one attached hydrogen (secondary N) is 1. The minimum absolute atomic E-state index is 0.192. The van der Waals surface area contributed by atoms with Gasteiger partial charge in [0.2, 0.25) is 0 Å². The van der Waals surface area contributed by atoms with Gasteiger partial charge in [0.05, 0.1) is 12.0 Å². The number of ether oxygens (including phenoxy) is 1. The first-order valence-corrected chi connectivity index (χ1v) is 8.60. The van der Waals surface area contributed by atoms with Crippen LogP contribution in [0, 0.1) is 0 Å². The van der Waals surface area contributed by atoms with Crippen LogP contribution in [0.25, 0.3) is 0 Å². The van der Waals surface area contributed by atoms with Crippen LogP contribution in [-0.4, -0.2) is 45.3 Å². The van der Waals surface area contributed by atoms with Gasteiger partial charge in [0.15, 0.2) is 0 Å². The molecule has 1 aromatic rings. The summed E-state index contributed by atoms with van der Waals surface area (Å²) < 4.78 is 7.67. The number of amides is 1. The molecule has 0 aromatic carbocycles. The van der Waals surface area contributed by atoms with Crippen LogP contribution in [0.5, 0.6) is 0 Å². The van der Waals surface area contributed by atoms with E-state index in [4.69, 9.17) is 4.74 Å². The highest BCUT2D eigenvalue weighted by Crippen LogP contribution is 2.20. The maximum atomic E-state index is 12.4. The van der Waals surface area contributed by atoms with Crippen molar-refractivity contribution < 1.29 is 9.53 Å². The van der Waals surface area contributed by atoms with Gasteiger partial charge < -0.3 is 19.5 Å². The monoisotopic (exact) mass is 322 g/mol. The Hall–Kier alpha value is -1.56. The number of aromatic nitrogens is 2. The second-order valence-electron chi connectivity index (χ2n) is 7.13. The van der Waals surface area contributed by atoms with E-state index >= 15 is 0 Å². The first kappa shape index (κ1) is 17.8. The second-order valence-corrected chi connectivity index (χ2v) is 7.13. The number of likely N-dealkylation sites (tertiary alicyclic amines) is 1. The van der Waals surface area contributed by atoms with Gasteiger partial charge in [0, 0.05) is 38.4 Å². The summed E-state index contributed by atoms with van der Waals surface area (Å²) >= 11 is 0. The van der Waals surface area contributed by atoms with Crippen LogP contribution in [0.15, 0.2) is 12.5 Å². The number of aryl methyl sites for hydroxylation is 1. The minimum Gasteiger partial charge on any atom is -0.444 e. The number of nitrogens with zero attached hydrogens (tertiary/aromatic N) is 3.